The maximum absolute atomic E-state index is 4.85. The summed E-state index contributed by atoms with van der Waals surface area (Å²) in [5.41, 5.74) is 9.63. The fourth-order valence-electron chi connectivity index (χ4n) is 5.24. The average Bonchev–Trinajstić information content (AvgIpc) is 3.31. The molecular weight excluding hydrogens is 442 g/mol. The minimum absolute atomic E-state index is 0.920. The molecule has 6 rings (SSSR count). The molecule has 5 nitrogen and oxygen atoms in total. The van der Waals surface area contributed by atoms with Crippen molar-refractivity contribution < 1.29 is 0 Å². The largest absolute Gasteiger partial charge is 0.368 e. The summed E-state index contributed by atoms with van der Waals surface area (Å²) in [4.78, 5) is 14.6. The summed E-state index contributed by atoms with van der Waals surface area (Å²) in [6, 6.07) is 25.9. The molecule has 0 N–H and O–H groups in total. The topological polar surface area (TPSA) is 37.2 Å². The first-order valence-corrected chi connectivity index (χ1v) is 12.6. The lowest BCUT2D eigenvalue weighted by molar-refractivity contribution is 0.647. The zero-order chi connectivity index (χ0) is 24.6. The van der Waals surface area contributed by atoms with Crippen molar-refractivity contribution in [2.75, 3.05) is 36.0 Å². The molecule has 0 spiro atoms. The summed E-state index contributed by atoms with van der Waals surface area (Å²) in [6.45, 7) is 10.3. The standard InChI is InChI=1S/C31H31N5/c1-22-10-13-26(14-11-22)36-20-27(25-7-5-4-6-8-25)29-30(32-21-33-31(29)36)35-17-15-34(16-18-35)28-19-23(2)9-12-24(28)3/h4-14,19-21H,15-18H2,1-3H3. The van der Waals surface area contributed by atoms with Crippen molar-refractivity contribution in [3.8, 4) is 16.8 Å². The van der Waals surface area contributed by atoms with Gasteiger partial charge >= 0.3 is 0 Å². The fraction of sp³-hybridized carbons (Fsp3) is 0.226. The minimum atomic E-state index is 0.920. The van der Waals surface area contributed by atoms with E-state index >= 15 is 0 Å². The number of hydrogen-bond donors (Lipinski definition) is 0. The van der Waals surface area contributed by atoms with E-state index < -0.39 is 0 Å². The number of piperazine rings is 1. The Bertz CT molecular complexity index is 1510. The number of anilines is 2. The molecule has 1 saturated heterocycles. The first-order chi connectivity index (χ1) is 17.6. The van der Waals surface area contributed by atoms with E-state index in [1.54, 1.807) is 6.33 Å². The summed E-state index contributed by atoms with van der Waals surface area (Å²) >= 11 is 0. The van der Waals surface area contributed by atoms with E-state index in [0.29, 0.717) is 0 Å². The van der Waals surface area contributed by atoms with E-state index in [1.165, 1.54) is 33.5 Å². The SMILES string of the molecule is Cc1ccc(-n2cc(-c3ccccc3)c3c(N4CCN(c5cc(C)ccc5C)CC4)ncnc32)cc1. The Morgan fingerprint density at radius 3 is 2.14 bits per heavy atom. The summed E-state index contributed by atoms with van der Waals surface area (Å²) in [6.07, 6.45) is 3.93. The van der Waals surface area contributed by atoms with Gasteiger partial charge in [0.2, 0.25) is 0 Å². The Balaban J connectivity index is 1.41. The van der Waals surface area contributed by atoms with Gasteiger partial charge in [0, 0.05) is 49.3 Å². The highest BCUT2D eigenvalue weighted by Crippen LogP contribution is 2.37. The van der Waals surface area contributed by atoms with Crippen LogP contribution in [-0.4, -0.2) is 40.7 Å². The highest BCUT2D eigenvalue weighted by atomic mass is 15.3. The van der Waals surface area contributed by atoms with Crippen molar-refractivity contribution in [1.29, 1.82) is 0 Å². The Morgan fingerprint density at radius 2 is 1.39 bits per heavy atom. The number of aryl methyl sites for hydroxylation is 3. The molecule has 180 valence electrons. The smallest absolute Gasteiger partial charge is 0.150 e. The van der Waals surface area contributed by atoms with Gasteiger partial charge in [-0.15, -0.1) is 0 Å². The van der Waals surface area contributed by atoms with E-state index in [9.17, 15) is 0 Å². The Morgan fingerprint density at radius 1 is 0.694 bits per heavy atom. The third-order valence-electron chi connectivity index (χ3n) is 7.24. The van der Waals surface area contributed by atoms with Gasteiger partial charge in [-0.1, -0.05) is 60.2 Å². The van der Waals surface area contributed by atoms with E-state index in [0.717, 1.165) is 48.7 Å². The van der Waals surface area contributed by atoms with Gasteiger partial charge in [0.25, 0.3) is 0 Å². The number of nitrogens with zero attached hydrogens (tertiary/aromatic N) is 5. The number of aromatic nitrogens is 3. The molecule has 3 aromatic carbocycles. The number of fused-ring (bicyclic) bond motifs is 1. The van der Waals surface area contributed by atoms with E-state index in [2.05, 4.69) is 114 Å². The summed E-state index contributed by atoms with van der Waals surface area (Å²) in [5.74, 6) is 1.02. The van der Waals surface area contributed by atoms with Crippen molar-refractivity contribution in [3.05, 3.63) is 102 Å². The predicted molar refractivity (Wildman–Crippen MR) is 149 cm³/mol. The van der Waals surface area contributed by atoms with Crippen molar-refractivity contribution >= 4 is 22.5 Å². The molecule has 0 bridgehead atoms. The molecule has 0 unspecified atom stereocenters. The van der Waals surface area contributed by atoms with Gasteiger partial charge in [0.15, 0.2) is 5.65 Å². The van der Waals surface area contributed by atoms with E-state index in [1.807, 2.05) is 0 Å². The van der Waals surface area contributed by atoms with Gasteiger partial charge in [-0.3, -0.25) is 0 Å². The van der Waals surface area contributed by atoms with Crippen LogP contribution in [0.2, 0.25) is 0 Å². The first-order valence-electron chi connectivity index (χ1n) is 12.6. The summed E-state index contributed by atoms with van der Waals surface area (Å²) in [5, 5.41) is 1.12. The van der Waals surface area contributed by atoms with Crippen LogP contribution in [0, 0.1) is 20.8 Å². The van der Waals surface area contributed by atoms with E-state index in [4.69, 9.17) is 9.97 Å². The molecule has 5 heteroatoms. The molecule has 2 aromatic heterocycles. The molecule has 0 aliphatic carbocycles. The van der Waals surface area contributed by atoms with Crippen LogP contribution >= 0.6 is 0 Å². The van der Waals surface area contributed by atoms with Gasteiger partial charge in [-0.05, 0) is 55.7 Å². The van der Waals surface area contributed by atoms with Gasteiger partial charge in [-0.2, -0.15) is 0 Å². The third-order valence-corrected chi connectivity index (χ3v) is 7.24. The maximum atomic E-state index is 4.85. The molecule has 1 aliphatic rings. The second-order valence-corrected chi connectivity index (χ2v) is 9.77. The average molecular weight is 474 g/mol. The van der Waals surface area contributed by atoms with Crippen LogP contribution in [0.15, 0.2) is 85.3 Å². The lowest BCUT2D eigenvalue weighted by atomic mass is 10.1. The molecule has 1 aliphatic heterocycles. The highest BCUT2D eigenvalue weighted by Gasteiger charge is 2.24. The second kappa shape index (κ2) is 9.15. The fourth-order valence-corrected chi connectivity index (χ4v) is 5.24. The predicted octanol–water partition coefficient (Wildman–Crippen LogP) is 6.34. The first kappa shape index (κ1) is 22.4. The van der Waals surface area contributed by atoms with Crippen molar-refractivity contribution in [2.24, 2.45) is 0 Å². The number of rotatable bonds is 4. The molecule has 5 aromatic rings. The molecule has 3 heterocycles. The molecule has 0 amide bonds. The lowest BCUT2D eigenvalue weighted by Gasteiger charge is -2.37. The molecule has 0 atom stereocenters. The third kappa shape index (κ3) is 4.01. The van der Waals surface area contributed by atoms with Crippen LogP contribution < -0.4 is 9.80 Å². The Kier molecular flexibility index (Phi) is 5.68. The normalized spacial score (nSPS) is 14.0. The number of hydrogen-bond acceptors (Lipinski definition) is 4. The van der Waals surface area contributed by atoms with Crippen LogP contribution in [0.5, 0.6) is 0 Å². The molecule has 1 fully saturated rings. The van der Waals surface area contributed by atoms with Crippen molar-refractivity contribution in [1.82, 2.24) is 14.5 Å². The maximum Gasteiger partial charge on any atom is 0.150 e. The summed E-state index contributed by atoms with van der Waals surface area (Å²) < 4.78 is 2.20. The van der Waals surface area contributed by atoms with E-state index in [-0.39, 0.29) is 0 Å². The van der Waals surface area contributed by atoms with Crippen LogP contribution in [0.3, 0.4) is 0 Å². The molecule has 0 radical (unpaired) electrons. The van der Waals surface area contributed by atoms with Gasteiger partial charge in [-0.25, -0.2) is 9.97 Å². The monoisotopic (exact) mass is 473 g/mol. The Hall–Kier alpha value is -4.12. The highest BCUT2D eigenvalue weighted by molar-refractivity contribution is 6.02. The Labute approximate surface area is 212 Å². The molecule has 36 heavy (non-hydrogen) atoms. The minimum Gasteiger partial charge on any atom is -0.368 e. The zero-order valence-electron chi connectivity index (χ0n) is 21.1. The molecular formula is C31H31N5. The number of benzene rings is 3. The molecule has 0 saturated carbocycles. The van der Waals surface area contributed by atoms with Crippen LogP contribution in [0.4, 0.5) is 11.5 Å². The van der Waals surface area contributed by atoms with Crippen LogP contribution in [0.1, 0.15) is 16.7 Å². The summed E-state index contributed by atoms with van der Waals surface area (Å²) in [7, 11) is 0. The van der Waals surface area contributed by atoms with Crippen LogP contribution in [-0.2, 0) is 0 Å². The van der Waals surface area contributed by atoms with Crippen molar-refractivity contribution in [2.45, 2.75) is 20.8 Å². The quantitative estimate of drug-likeness (QED) is 0.305. The van der Waals surface area contributed by atoms with Gasteiger partial charge in [0.05, 0.1) is 5.39 Å². The van der Waals surface area contributed by atoms with Gasteiger partial charge in [0.1, 0.15) is 12.1 Å². The second-order valence-electron chi connectivity index (χ2n) is 9.77. The van der Waals surface area contributed by atoms with Crippen molar-refractivity contribution in [3.63, 3.8) is 0 Å². The zero-order valence-corrected chi connectivity index (χ0v) is 21.1. The lowest BCUT2D eigenvalue weighted by Crippen LogP contribution is -2.47. The van der Waals surface area contributed by atoms with Crippen LogP contribution in [0.25, 0.3) is 27.8 Å². The van der Waals surface area contributed by atoms with Gasteiger partial charge < -0.3 is 14.4 Å².